The molecule has 1 amide bonds. The van der Waals surface area contributed by atoms with Gasteiger partial charge in [-0.15, -0.1) is 0 Å². The van der Waals surface area contributed by atoms with Gasteiger partial charge in [0.05, 0.1) is 4.90 Å². The van der Waals surface area contributed by atoms with Gasteiger partial charge in [0.2, 0.25) is 0 Å². The highest BCUT2D eigenvalue weighted by molar-refractivity contribution is 7.92. The minimum atomic E-state index is -3.72. The summed E-state index contributed by atoms with van der Waals surface area (Å²) < 4.78 is 27.8. The van der Waals surface area contributed by atoms with E-state index in [4.69, 9.17) is 11.6 Å². The van der Waals surface area contributed by atoms with Gasteiger partial charge in [-0.05, 0) is 61.2 Å². The minimum Gasteiger partial charge on any atom is -0.335 e. The summed E-state index contributed by atoms with van der Waals surface area (Å²) in [6.45, 7) is 0.675. The molecule has 1 atom stereocenters. The second-order valence-corrected chi connectivity index (χ2v) is 9.68. The number of likely N-dealkylation sites (tertiary alicyclic amines) is 1. The third-order valence-corrected chi connectivity index (χ3v) is 7.23. The Morgan fingerprint density at radius 2 is 1.74 bits per heavy atom. The van der Waals surface area contributed by atoms with Crippen molar-refractivity contribution < 1.29 is 13.2 Å². The summed E-state index contributed by atoms with van der Waals surface area (Å²) in [6.07, 6.45) is 2.55. The van der Waals surface area contributed by atoms with Crippen LogP contribution >= 0.6 is 11.6 Å². The van der Waals surface area contributed by atoms with Crippen LogP contribution in [0, 0.1) is 0 Å². The number of sulfonamides is 1. The molecular formula is C24H23ClN2O3S. The lowest BCUT2D eigenvalue weighted by Crippen LogP contribution is -2.36. The molecule has 1 unspecified atom stereocenters. The Labute approximate surface area is 187 Å². The summed E-state index contributed by atoms with van der Waals surface area (Å²) in [5.41, 5.74) is 1.84. The zero-order chi connectivity index (χ0) is 21.8. The number of amides is 1. The van der Waals surface area contributed by atoms with E-state index in [1.165, 1.54) is 12.1 Å². The molecule has 3 aromatic rings. The van der Waals surface area contributed by atoms with Crippen molar-refractivity contribution in [1.29, 1.82) is 0 Å². The van der Waals surface area contributed by atoms with Gasteiger partial charge in [-0.1, -0.05) is 54.1 Å². The van der Waals surface area contributed by atoms with Crippen LogP contribution in [-0.2, 0) is 16.4 Å². The molecular weight excluding hydrogens is 432 g/mol. The van der Waals surface area contributed by atoms with E-state index in [-0.39, 0.29) is 16.8 Å². The normalized spacial score (nSPS) is 16.3. The average Bonchev–Trinajstić information content (AvgIpc) is 3.23. The predicted octanol–water partition coefficient (Wildman–Crippen LogP) is 4.99. The van der Waals surface area contributed by atoms with Gasteiger partial charge in [0.15, 0.2) is 0 Å². The summed E-state index contributed by atoms with van der Waals surface area (Å²) in [4.78, 5) is 15.3. The van der Waals surface area contributed by atoms with Crippen molar-refractivity contribution in [3.63, 3.8) is 0 Å². The smallest absolute Gasteiger partial charge is 0.261 e. The highest BCUT2D eigenvalue weighted by Gasteiger charge is 2.30. The summed E-state index contributed by atoms with van der Waals surface area (Å²) >= 11 is 6.31. The molecule has 0 aliphatic carbocycles. The maximum Gasteiger partial charge on any atom is 0.261 e. The van der Waals surface area contributed by atoms with Gasteiger partial charge < -0.3 is 4.90 Å². The highest BCUT2D eigenvalue weighted by atomic mass is 35.5. The van der Waals surface area contributed by atoms with Gasteiger partial charge in [0.1, 0.15) is 0 Å². The molecule has 3 aromatic carbocycles. The van der Waals surface area contributed by atoms with Crippen molar-refractivity contribution in [3.8, 4) is 0 Å². The van der Waals surface area contributed by atoms with Gasteiger partial charge in [-0.3, -0.25) is 9.52 Å². The standard InChI is InChI=1S/C24H23ClN2O3S/c25-23-14-5-4-8-18(23)17-21-11-7-15-27(21)24(28)19-9-6-10-20(16-19)26-31(29,30)22-12-2-1-3-13-22/h1-6,8-10,12-14,16,21,26H,7,11,15,17H2. The maximum atomic E-state index is 13.2. The zero-order valence-corrected chi connectivity index (χ0v) is 18.4. The molecule has 4 rings (SSSR count). The number of hydrogen-bond donors (Lipinski definition) is 1. The van der Waals surface area contributed by atoms with Crippen LogP contribution in [0.15, 0.2) is 83.8 Å². The fourth-order valence-electron chi connectivity index (χ4n) is 3.93. The van der Waals surface area contributed by atoms with Crippen LogP contribution in [0.1, 0.15) is 28.8 Å². The van der Waals surface area contributed by atoms with E-state index in [1.807, 2.05) is 29.2 Å². The van der Waals surface area contributed by atoms with Crippen LogP contribution in [0.3, 0.4) is 0 Å². The fourth-order valence-corrected chi connectivity index (χ4v) is 5.21. The second kappa shape index (κ2) is 9.12. The van der Waals surface area contributed by atoms with Crippen LogP contribution in [0.2, 0.25) is 5.02 Å². The van der Waals surface area contributed by atoms with E-state index in [0.717, 1.165) is 18.4 Å². The topological polar surface area (TPSA) is 66.5 Å². The van der Waals surface area contributed by atoms with Crippen LogP contribution in [0.4, 0.5) is 5.69 Å². The molecule has 1 fully saturated rings. The van der Waals surface area contributed by atoms with E-state index in [0.29, 0.717) is 29.2 Å². The van der Waals surface area contributed by atoms with Gasteiger partial charge in [-0.2, -0.15) is 0 Å². The first-order valence-corrected chi connectivity index (χ1v) is 12.0. The van der Waals surface area contributed by atoms with Crippen LogP contribution in [0.25, 0.3) is 0 Å². The van der Waals surface area contributed by atoms with Gasteiger partial charge in [-0.25, -0.2) is 8.42 Å². The molecule has 160 valence electrons. The number of benzene rings is 3. The van der Waals surface area contributed by atoms with Crippen LogP contribution < -0.4 is 4.72 Å². The molecule has 5 nitrogen and oxygen atoms in total. The Balaban J connectivity index is 1.52. The van der Waals surface area contributed by atoms with E-state index < -0.39 is 10.0 Å². The number of nitrogens with zero attached hydrogens (tertiary/aromatic N) is 1. The minimum absolute atomic E-state index is 0.0667. The molecule has 1 aliphatic rings. The zero-order valence-electron chi connectivity index (χ0n) is 16.9. The molecule has 1 saturated heterocycles. The fraction of sp³-hybridized carbons (Fsp3) is 0.208. The number of hydrogen-bond acceptors (Lipinski definition) is 3. The van der Waals surface area contributed by atoms with Crippen molar-refractivity contribution in [1.82, 2.24) is 4.90 Å². The Hall–Kier alpha value is -2.83. The molecule has 0 radical (unpaired) electrons. The van der Waals surface area contributed by atoms with Crippen molar-refractivity contribution in [2.45, 2.75) is 30.2 Å². The molecule has 7 heteroatoms. The van der Waals surface area contributed by atoms with Crippen molar-refractivity contribution >= 4 is 33.2 Å². The Kier molecular flexibility index (Phi) is 6.30. The molecule has 31 heavy (non-hydrogen) atoms. The number of anilines is 1. The number of carbonyl (C=O) groups is 1. The molecule has 0 aromatic heterocycles. The predicted molar refractivity (Wildman–Crippen MR) is 123 cm³/mol. The summed E-state index contributed by atoms with van der Waals surface area (Å²) in [5, 5.41) is 0.708. The Morgan fingerprint density at radius 1 is 1.00 bits per heavy atom. The number of carbonyl (C=O) groups excluding carboxylic acids is 1. The first-order chi connectivity index (χ1) is 14.9. The summed E-state index contributed by atoms with van der Waals surface area (Å²) in [5.74, 6) is -0.102. The lowest BCUT2D eigenvalue weighted by Gasteiger charge is -2.25. The molecule has 0 bridgehead atoms. The monoisotopic (exact) mass is 454 g/mol. The lowest BCUT2D eigenvalue weighted by molar-refractivity contribution is 0.0736. The quantitative estimate of drug-likeness (QED) is 0.570. The van der Waals surface area contributed by atoms with Crippen molar-refractivity contribution in [2.24, 2.45) is 0 Å². The van der Waals surface area contributed by atoms with Gasteiger partial charge in [0.25, 0.3) is 15.9 Å². The Morgan fingerprint density at radius 3 is 2.52 bits per heavy atom. The lowest BCUT2D eigenvalue weighted by atomic mass is 10.0. The van der Waals surface area contributed by atoms with E-state index in [2.05, 4.69) is 4.72 Å². The van der Waals surface area contributed by atoms with Crippen molar-refractivity contribution in [3.05, 3.63) is 95.0 Å². The largest absolute Gasteiger partial charge is 0.335 e. The molecule has 0 saturated carbocycles. The van der Waals surface area contributed by atoms with E-state index >= 15 is 0 Å². The van der Waals surface area contributed by atoms with Crippen LogP contribution in [-0.4, -0.2) is 31.8 Å². The van der Waals surface area contributed by atoms with Crippen molar-refractivity contribution in [2.75, 3.05) is 11.3 Å². The third-order valence-electron chi connectivity index (χ3n) is 5.47. The van der Waals surface area contributed by atoms with E-state index in [9.17, 15) is 13.2 Å². The third kappa shape index (κ3) is 4.92. The molecule has 1 N–H and O–H groups in total. The molecule has 1 aliphatic heterocycles. The number of nitrogens with one attached hydrogen (secondary N) is 1. The first kappa shape index (κ1) is 21.4. The summed E-state index contributed by atoms with van der Waals surface area (Å²) in [7, 11) is -3.72. The van der Waals surface area contributed by atoms with Gasteiger partial charge in [0, 0.05) is 28.9 Å². The Bertz CT molecular complexity index is 1180. The highest BCUT2D eigenvalue weighted by Crippen LogP contribution is 2.27. The molecule has 0 spiro atoms. The first-order valence-electron chi connectivity index (χ1n) is 10.2. The maximum absolute atomic E-state index is 13.2. The number of rotatable bonds is 6. The van der Waals surface area contributed by atoms with Gasteiger partial charge >= 0.3 is 0 Å². The summed E-state index contributed by atoms with van der Waals surface area (Å²) in [6, 6.07) is 22.5. The number of halogens is 1. The second-order valence-electron chi connectivity index (χ2n) is 7.59. The molecule has 1 heterocycles. The van der Waals surface area contributed by atoms with Crippen LogP contribution in [0.5, 0.6) is 0 Å². The SMILES string of the molecule is O=C(c1cccc(NS(=O)(=O)c2ccccc2)c1)N1CCCC1Cc1ccccc1Cl. The average molecular weight is 455 g/mol. The van der Waals surface area contributed by atoms with E-state index in [1.54, 1.807) is 42.5 Å².